The Hall–Kier alpha value is -2.38. The second-order valence-electron chi connectivity index (χ2n) is 5.73. The molecule has 2 heterocycles. The van der Waals surface area contributed by atoms with Crippen LogP contribution in [0.5, 0.6) is 11.5 Å². The lowest BCUT2D eigenvalue weighted by Gasteiger charge is -2.12. The van der Waals surface area contributed by atoms with Crippen LogP contribution in [0.4, 0.5) is 5.13 Å². The highest BCUT2D eigenvalue weighted by Gasteiger charge is 2.06. The zero-order valence-electron chi connectivity index (χ0n) is 15.5. The van der Waals surface area contributed by atoms with Gasteiger partial charge in [0.05, 0.1) is 30.0 Å². The van der Waals surface area contributed by atoms with Gasteiger partial charge in [-0.25, -0.2) is 4.98 Å². The molecular formula is C20H23N3O2S2. The van der Waals surface area contributed by atoms with Crippen LogP contribution < -0.4 is 14.9 Å². The zero-order chi connectivity index (χ0) is 18.9. The number of thiophene rings is 1. The maximum atomic E-state index is 5.80. The van der Waals surface area contributed by atoms with E-state index in [0.29, 0.717) is 13.2 Å². The highest BCUT2D eigenvalue weighted by atomic mass is 32.1. The average molecular weight is 402 g/mol. The zero-order valence-corrected chi connectivity index (χ0v) is 17.1. The molecule has 7 heteroatoms. The Morgan fingerprint density at radius 1 is 1.15 bits per heavy atom. The van der Waals surface area contributed by atoms with Crippen LogP contribution in [0.1, 0.15) is 32.3 Å². The SMILES string of the molecule is CCCCOc1ccc(/C=N\Nc2nc(-c3cccs3)cs2)cc1OCC. The minimum absolute atomic E-state index is 0.591. The topological polar surface area (TPSA) is 55.7 Å². The van der Waals surface area contributed by atoms with Crippen molar-refractivity contribution in [1.82, 2.24) is 4.98 Å². The predicted octanol–water partition coefficient (Wildman–Crippen LogP) is 5.90. The Labute approximate surface area is 167 Å². The molecule has 0 aliphatic rings. The van der Waals surface area contributed by atoms with Gasteiger partial charge in [0, 0.05) is 5.38 Å². The first-order valence-electron chi connectivity index (χ1n) is 8.98. The number of benzene rings is 1. The van der Waals surface area contributed by atoms with Gasteiger partial charge in [0.2, 0.25) is 5.13 Å². The molecule has 0 bridgehead atoms. The van der Waals surface area contributed by atoms with E-state index in [4.69, 9.17) is 9.47 Å². The molecular weight excluding hydrogens is 378 g/mol. The van der Waals surface area contributed by atoms with Gasteiger partial charge < -0.3 is 9.47 Å². The minimum Gasteiger partial charge on any atom is -0.490 e. The average Bonchev–Trinajstić information content (AvgIpc) is 3.35. The summed E-state index contributed by atoms with van der Waals surface area (Å²) in [5, 5.41) is 9.13. The van der Waals surface area contributed by atoms with Crippen LogP contribution in [0.15, 0.2) is 46.2 Å². The molecule has 0 aliphatic heterocycles. The fraction of sp³-hybridized carbons (Fsp3) is 0.300. The Bertz CT molecular complexity index is 860. The number of rotatable bonds is 10. The largest absolute Gasteiger partial charge is 0.490 e. The van der Waals surface area contributed by atoms with Gasteiger partial charge in [-0.2, -0.15) is 5.10 Å². The van der Waals surface area contributed by atoms with Gasteiger partial charge in [0.1, 0.15) is 0 Å². The van der Waals surface area contributed by atoms with Crippen LogP contribution in [-0.4, -0.2) is 24.4 Å². The maximum absolute atomic E-state index is 5.80. The second kappa shape index (κ2) is 10.1. The maximum Gasteiger partial charge on any atom is 0.203 e. The number of anilines is 1. The smallest absolute Gasteiger partial charge is 0.203 e. The molecule has 0 aliphatic carbocycles. The molecule has 3 rings (SSSR count). The lowest BCUT2D eigenvalue weighted by molar-refractivity contribution is 0.272. The molecule has 0 amide bonds. The van der Waals surface area contributed by atoms with Crippen LogP contribution in [-0.2, 0) is 0 Å². The molecule has 0 fully saturated rings. The molecule has 2 aromatic heterocycles. The van der Waals surface area contributed by atoms with Gasteiger partial charge in [0.15, 0.2) is 11.5 Å². The highest BCUT2D eigenvalue weighted by molar-refractivity contribution is 7.15. The summed E-state index contributed by atoms with van der Waals surface area (Å²) in [6, 6.07) is 9.92. The normalized spacial score (nSPS) is 11.0. The Balaban J connectivity index is 1.63. The van der Waals surface area contributed by atoms with Crippen LogP contribution in [0, 0.1) is 0 Å². The van der Waals surface area contributed by atoms with Crippen molar-refractivity contribution in [3.05, 3.63) is 46.7 Å². The molecule has 0 atom stereocenters. The lowest BCUT2D eigenvalue weighted by Crippen LogP contribution is -2.01. The molecule has 27 heavy (non-hydrogen) atoms. The highest BCUT2D eigenvalue weighted by Crippen LogP contribution is 2.29. The van der Waals surface area contributed by atoms with Gasteiger partial charge in [-0.05, 0) is 48.6 Å². The molecule has 0 spiro atoms. The van der Waals surface area contributed by atoms with Crippen molar-refractivity contribution in [2.24, 2.45) is 5.10 Å². The summed E-state index contributed by atoms with van der Waals surface area (Å²) in [6.07, 6.45) is 3.88. The van der Waals surface area contributed by atoms with Crippen molar-refractivity contribution in [3.8, 4) is 22.1 Å². The molecule has 142 valence electrons. The molecule has 0 radical (unpaired) electrons. The first kappa shape index (κ1) is 19.4. The third kappa shape index (κ3) is 5.55. The molecule has 0 saturated carbocycles. The summed E-state index contributed by atoms with van der Waals surface area (Å²) in [6.45, 7) is 5.40. The van der Waals surface area contributed by atoms with Gasteiger partial charge in [-0.3, -0.25) is 5.43 Å². The Kier molecular flexibility index (Phi) is 7.24. The summed E-state index contributed by atoms with van der Waals surface area (Å²) in [7, 11) is 0. The predicted molar refractivity (Wildman–Crippen MR) is 115 cm³/mol. The van der Waals surface area contributed by atoms with E-state index in [9.17, 15) is 0 Å². The molecule has 5 nitrogen and oxygen atoms in total. The van der Waals surface area contributed by atoms with Gasteiger partial charge in [-0.15, -0.1) is 22.7 Å². The molecule has 1 aromatic carbocycles. The van der Waals surface area contributed by atoms with Crippen molar-refractivity contribution in [3.63, 3.8) is 0 Å². The third-order valence-electron chi connectivity index (χ3n) is 3.67. The summed E-state index contributed by atoms with van der Waals surface area (Å²) in [5.74, 6) is 1.52. The van der Waals surface area contributed by atoms with Gasteiger partial charge in [-0.1, -0.05) is 19.4 Å². The minimum atomic E-state index is 0.591. The van der Waals surface area contributed by atoms with Gasteiger partial charge in [0.25, 0.3) is 0 Å². The third-order valence-corrected chi connectivity index (χ3v) is 5.31. The van der Waals surface area contributed by atoms with E-state index in [0.717, 1.165) is 45.6 Å². The van der Waals surface area contributed by atoms with Crippen molar-refractivity contribution < 1.29 is 9.47 Å². The number of hydrazone groups is 1. The summed E-state index contributed by atoms with van der Waals surface area (Å²) < 4.78 is 11.5. The number of hydrogen-bond donors (Lipinski definition) is 1. The van der Waals surface area contributed by atoms with Crippen LogP contribution in [0.2, 0.25) is 0 Å². The van der Waals surface area contributed by atoms with E-state index < -0.39 is 0 Å². The molecule has 0 saturated heterocycles. The summed E-state index contributed by atoms with van der Waals surface area (Å²) in [4.78, 5) is 5.70. The summed E-state index contributed by atoms with van der Waals surface area (Å²) in [5.41, 5.74) is 4.90. The van der Waals surface area contributed by atoms with Gasteiger partial charge >= 0.3 is 0 Å². The Morgan fingerprint density at radius 2 is 2.07 bits per heavy atom. The second-order valence-corrected chi connectivity index (χ2v) is 7.53. The fourth-order valence-corrected chi connectivity index (χ4v) is 3.76. The number of ether oxygens (including phenoxy) is 2. The van der Waals surface area contributed by atoms with Crippen molar-refractivity contribution >= 4 is 34.0 Å². The monoisotopic (exact) mass is 401 g/mol. The number of thiazole rings is 1. The molecule has 1 N–H and O–H groups in total. The van der Waals surface area contributed by atoms with E-state index in [1.807, 2.05) is 41.9 Å². The van der Waals surface area contributed by atoms with Crippen LogP contribution >= 0.6 is 22.7 Å². The number of nitrogens with one attached hydrogen (secondary N) is 1. The van der Waals surface area contributed by atoms with E-state index >= 15 is 0 Å². The van der Waals surface area contributed by atoms with E-state index in [2.05, 4.69) is 28.5 Å². The first-order valence-corrected chi connectivity index (χ1v) is 10.7. The standard InChI is InChI=1S/C20H23N3O2S2/c1-3-5-10-25-17-9-8-15(12-18(17)24-4-2)13-21-23-20-22-16(14-27-20)19-7-6-11-26-19/h6-9,11-14H,3-5,10H2,1-2H3,(H,22,23)/b21-13-. The molecule has 3 aromatic rings. The first-order chi connectivity index (χ1) is 13.3. The number of unbranched alkanes of at least 4 members (excludes halogenated alkanes) is 1. The Morgan fingerprint density at radius 3 is 2.85 bits per heavy atom. The van der Waals surface area contributed by atoms with Crippen molar-refractivity contribution in [1.29, 1.82) is 0 Å². The van der Waals surface area contributed by atoms with E-state index in [1.165, 1.54) is 11.3 Å². The van der Waals surface area contributed by atoms with Crippen LogP contribution in [0.25, 0.3) is 10.6 Å². The fourth-order valence-electron chi connectivity index (χ4n) is 2.34. The molecule has 0 unspecified atom stereocenters. The van der Waals surface area contributed by atoms with Crippen molar-refractivity contribution in [2.75, 3.05) is 18.6 Å². The van der Waals surface area contributed by atoms with E-state index in [-0.39, 0.29) is 0 Å². The summed E-state index contributed by atoms with van der Waals surface area (Å²) >= 11 is 3.21. The van der Waals surface area contributed by atoms with E-state index in [1.54, 1.807) is 17.6 Å². The number of nitrogens with zero attached hydrogens (tertiary/aromatic N) is 2. The lowest BCUT2D eigenvalue weighted by atomic mass is 10.2. The van der Waals surface area contributed by atoms with Crippen LogP contribution in [0.3, 0.4) is 0 Å². The number of aromatic nitrogens is 1. The van der Waals surface area contributed by atoms with Crippen molar-refractivity contribution in [2.45, 2.75) is 26.7 Å². The number of hydrogen-bond acceptors (Lipinski definition) is 7. The quantitative estimate of drug-likeness (QED) is 0.261.